The van der Waals surface area contributed by atoms with Crippen LogP contribution in [0.25, 0.3) is 0 Å². The third-order valence-electron chi connectivity index (χ3n) is 5.12. The largest absolute Gasteiger partial charge is 0.490 e. The number of nitrogens with zero attached hydrogens (tertiary/aromatic N) is 2. The number of aryl methyl sites for hydroxylation is 2. The van der Waals surface area contributed by atoms with Crippen molar-refractivity contribution >= 4 is 17.6 Å². The van der Waals surface area contributed by atoms with Crippen LogP contribution in [0.4, 0.5) is 10.5 Å². The third-order valence-corrected chi connectivity index (χ3v) is 5.12. The van der Waals surface area contributed by atoms with E-state index in [4.69, 9.17) is 13.9 Å². The van der Waals surface area contributed by atoms with Crippen LogP contribution in [0.1, 0.15) is 28.3 Å². The predicted molar refractivity (Wildman–Crippen MR) is 107 cm³/mol. The van der Waals surface area contributed by atoms with Gasteiger partial charge in [0.2, 0.25) is 0 Å². The van der Waals surface area contributed by atoms with Crippen molar-refractivity contribution in [2.45, 2.75) is 20.3 Å². The van der Waals surface area contributed by atoms with E-state index in [9.17, 15) is 9.59 Å². The first-order valence-electron chi connectivity index (χ1n) is 9.83. The molecule has 2 aliphatic heterocycles. The van der Waals surface area contributed by atoms with Crippen molar-refractivity contribution in [2.75, 3.05) is 44.7 Å². The minimum atomic E-state index is -0.193. The molecule has 1 aromatic carbocycles. The number of amides is 3. The van der Waals surface area contributed by atoms with E-state index >= 15 is 0 Å². The molecule has 0 aliphatic carbocycles. The summed E-state index contributed by atoms with van der Waals surface area (Å²) in [6.45, 7) is 6.74. The van der Waals surface area contributed by atoms with Gasteiger partial charge in [-0.3, -0.25) is 4.79 Å². The second kappa shape index (κ2) is 8.06. The lowest BCUT2D eigenvalue weighted by Gasteiger charge is -2.34. The quantitative estimate of drug-likeness (QED) is 0.839. The fourth-order valence-corrected chi connectivity index (χ4v) is 3.57. The van der Waals surface area contributed by atoms with Gasteiger partial charge in [-0.05, 0) is 32.0 Å². The van der Waals surface area contributed by atoms with Crippen LogP contribution >= 0.6 is 0 Å². The number of rotatable bonds is 2. The highest BCUT2D eigenvalue weighted by Crippen LogP contribution is 2.32. The monoisotopic (exact) mass is 399 g/mol. The predicted octanol–water partition coefficient (Wildman–Crippen LogP) is 3.05. The van der Waals surface area contributed by atoms with Gasteiger partial charge in [0.25, 0.3) is 5.91 Å². The summed E-state index contributed by atoms with van der Waals surface area (Å²) in [6, 6.07) is 6.96. The first-order chi connectivity index (χ1) is 14.0. The van der Waals surface area contributed by atoms with Crippen LogP contribution in [0.3, 0.4) is 0 Å². The maximum absolute atomic E-state index is 12.7. The first kappa shape index (κ1) is 19.2. The fourth-order valence-electron chi connectivity index (χ4n) is 3.57. The summed E-state index contributed by atoms with van der Waals surface area (Å²) in [4.78, 5) is 28.8. The Balaban J connectivity index is 1.34. The topological polar surface area (TPSA) is 84.3 Å². The Morgan fingerprint density at radius 3 is 2.31 bits per heavy atom. The number of carbonyl (C=O) groups is 2. The van der Waals surface area contributed by atoms with Gasteiger partial charge in [-0.25, -0.2) is 4.79 Å². The molecule has 3 heterocycles. The minimum Gasteiger partial charge on any atom is -0.490 e. The average Bonchev–Trinajstić information content (AvgIpc) is 2.91. The van der Waals surface area contributed by atoms with Crippen molar-refractivity contribution in [3.05, 3.63) is 41.3 Å². The summed E-state index contributed by atoms with van der Waals surface area (Å²) in [5.41, 5.74) is 1.25. The highest BCUT2D eigenvalue weighted by molar-refractivity contribution is 5.95. The first-order valence-corrected chi connectivity index (χ1v) is 9.83. The van der Waals surface area contributed by atoms with Gasteiger partial charge in [-0.2, -0.15) is 0 Å². The van der Waals surface area contributed by atoms with E-state index in [1.165, 1.54) is 0 Å². The molecule has 0 unspecified atom stereocenters. The Hall–Kier alpha value is -3.16. The van der Waals surface area contributed by atoms with Crippen LogP contribution in [-0.2, 0) is 0 Å². The van der Waals surface area contributed by atoms with Gasteiger partial charge in [-0.15, -0.1) is 0 Å². The zero-order chi connectivity index (χ0) is 20.4. The van der Waals surface area contributed by atoms with Crippen LogP contribution in [0, 0.1) is 13.8 Å². The molecule has 0 bridgehead atoms. The SMILES string of the molecule is Cc1cc(C(=O)N2CCN(C(=O)Nc3ccc4c(c3)OCCCO4)CC2)c(C)o1. The van der Waals surface area contributed by atoms with Crippen LogP contribution in [0.2, 0.25) is 0 Å². The molecule has 0 spiro atoms. The van der Waals surface area contributed by atoms with Crippen molar-refractivity contribution in [1.29, 1.82) is 0 Å². The Bertz CT molecular complexity index is 915. The van der Waals surface area contributed by atoms with Crippen LogP contribution in [0.5, 0.6) is 11.5 Å². The number of benzene rings is 1. The van der Waals surface area contributed by atoms with Gasteiger partial charge in [-0.1, -0.05) is 0 Å². The fraction of sp³-hybridized carbons (Fsp3) is 0.429. The van der Waals surface area contributed by atoms with E-state index in [0.717, 1.165) is 12.2 Å². The zero-order valence-corrected chi connectivity index (χ0v) is 16.7. The minimum absolute atomic E-state index is 0.0534. The van der Waals surface area contributed by atoms with Crippen LogP contribution in [-0.4, -0.2) is 61.1 Å². The van der Waals surface area contributed by atoms with Crippen molar-refractivity contribution in [2.24, 2.45) is 0 Å². The third kappa shape index (κ3) is 4.16. The number of furan rings is 1. The van der Waals surface area contributed by atoms with E-state index in [-0.39, 0.29) is 11.9 Å². The van der Waals surface area contributed by atoms with E-state index < -0.39 is 0 Å². The molecule has 8 nitrogen and oxygen atoms in total. The summed E-state index contributed by atoms with van der Waals surface area (Å²) < 4.78 is 16.7. The van der Waals surface area contributed by atoms with Gasteiger partial charge in [0.1, 0.15) is 11.5 Å². The van der Waals surface area contributed by atoms with Gasteiger partial charge >= 0.3 is 6.03 Å². The summed E-state index contributed by atoms with van der Waals surface area (Å²) in [5, 5.41) is 2.90. The molecule has 2 aliphatic rings. The maximum Gasteiger partial charge on any atom is 0.321 e. The number of piperazine rings is 1. The zero-order valence-electron chi connectivity index (χ0n) is 16.7. The number of urea groups is 1. The molecule has 3 amide bonds. The molecular weight excluding hydrogens is 374 g/mol. The molecular formula is C21H25N3O5. The molecule has 1 saturated heterocycles. The molecule has 0 atom stereocenters. The van der Waals surface area contributed by atoms with Crippen LogP contribution in [0.15, 0.2) is 28.7 Å². The Morgan fingerprint density at radius 2 is 1.62 bits per heavy atom. The Kier molecular flexibility index (Phi) is 5.33. The van der Waals surface area contributed by atoms with Gasteiger partial charge < -0.3 is 29.0 Å². The van der Waals surface area contributed by atoms with Crippen molar-refractivity contribution < 1.29 is 23.5 Å². The summed E-state index contributed by atoms with van der Waals surface area (Å²) in [6.07, 6.45) is 0.831. The summed E-state index contributed by atoms with van der Waals surface area (Å²) in [5.74, 6) is 2.63. The molecule has 1 aromatic heterocycles. The smallest absolute Gasteiger partial charge is 0.321 e. The highest BCUT2D eigenvalue weighted by atomic mass is 16.5. The molecule has 154 valence electrons. The number of nitrogens with one attached hydrogen (secondary N) is 1. The number of hydrogen-bond donors (Lipinski definition) is 1. The number of carbonyl (C=O) groups excluding carboxylic acids is 2. The molecule has 1 N–H and O–H groups in total. The van der Waals surface area contributed by atoms with Crippen molar-refractivity contribution in [3.63, 3.8) is 0 Å². The number of ether oxygens (including phenoxy) is 2. The second-order valence-electron chi connectivity index (χ2n) is 7.25. The van der Waals surface area contributed by atoms with Crippen LogP contribution < -0.4 is 14.8 Å². The van der Waals surface area contributed by atoms with Gasteiger partial charge in [0, 0.05) is 44.4 Å². The molecule has 4 rings (SSSR count). The standard InChI is InChI=1S/C21H25N3O5/c1-14-12-17(15(2)29-14)20(25)23-6-8-24(9-7-23)21(26)22-16-4-5-18-19(13-16)28-11-3-10-27-18/h4-5,12-13H,3,6-11H2,1-2H3,(H,22,26). The lowest BCUT2D eigenvalue weighted by molar-refractivity contribution is 0.0670. The maximum atomic E-state index is 12.7. The van der Waals surface area contributed by atoms with E-state index in [0.29, 0.717) is 67.9 Å². The molecule has 1 fully saturated rings. The lowest BCUT2D eigenvalue weighted by Crippen LogP contribution is -2.51. The second-order valence-corrected chi connectivity index (χ2v) is 7.25. The number of fused-ring (bicyclic) bond motifs is 1. The van der Waals surface area contributed by atoms with E-state index in [1.807, 2.05) is 13.0 Å². The number of anilines is 1. The molecule has 8 heteroatoms. The normalized spacial score (nSPS) is 16.3. The van der Waals surface area contributed by atoms with E-state index in [2.05, 4.69) is 5.32 Å². The average molecular weight is 399 g/mol. The summed E-state index contributed by atoms with van der Waals surface area (Å²) >= 11 is 0. The Morgan fingerprint density at radius 1 is 0.931 bits per heavy atom. The lowest BCUT2D eigenvalue weighted by atomic mass is 10.2. The van der Waals surface area contributed by atoms with Crippen molar-refractivity contribution in [3.8, 4) is 11.5 Å². The molecule has 0 radical (unpaired) electrons. The van der Waals surface area contributed by atoms with Crippen molar-refractivity contribution in [1.82, 2.24) is 9.80 Å². The van der Waals surface area contributed by atoms with Gasteiger partial charge in [0.05, 0.1) is 18.8 Å². The molecule has 2 aromatic rings. The van der Waals surface area contributed by atoms with E-state index in [1.54, 1.807) is 34.9 Å². The molecule has 29 heavy (non-hydrogen) atoms. The Labute approximate surface area is 169 Å². The van der Waals surface area contributed by atoms with Gasteiger partial charge in [0.15, 0.2) is 11.5 Å². The highest BCUT2D eigenvalue weighted by Gasteiger charge is 2.27. The number of hydrogen-bond acceptors (Lipinski definition) is 5. The molecule has 0 saturated carbocycles. The summed E-state index contributed by atoms with van der Waals surface area (Å²) in [7, 11) is 0.